The minimum absolute atomic E-state index is 0.581. The Bertz CT molecular complexity index is 485. The lowest BCUT2D eigenvalue weighted by molar-refractivity contribution is -0.124. The molecule has 1 fully saturated rings. The van der Waals surface area contributed by atoms with Gasteiger partial charge in [0.25, 0.3) is 5.91 Å². The standard InChI is InChI=1S/C13H16ClN3O2/c14-12-9-11(17-7-5-15-6-8-17)3-1-10(12)2-4-13(18)16-19/h1-4,9,15,19H,5-8H2,(H,16,18)/b4-2+. The van der Waals surface area contributed by atoms with Crippen molar-refractivity contribution >= 4 is 29.3 Å². The van der Waals surface area contributed by atoms with E-state index in [-0.39, 0.29) is 0 Å². The molecule has 0 spiro atoms. The van der Waals surface area contributed by atoms with Crippen molar-refractivity contribution in [2.24, 2.45) is 0 Å². The number of benzene rings is 1. The Morgan fingerprint density at radius 2 is 2.16 bits per heavy atom. The van der Waals surface area contributed by atoms with Crippen LogP contribution in [-0.2, 0) is 4.79 Å². The summed E-state index contributed by atoms with van der Waals surface area (Å²) in [4.78, 5) is 13.2. The molecule has 0 aliphatic carbocycles. The van der Waals surface area contributed by atoms with Gasteiger partial charge in [0.1, 0.15) is 0 Å². The van der Waals surface area contributed by atoms with Gasteiger partial charge in [0, 0.05) is 43.0 Å². The van der Waals surface area contributed by atoms with E-state index in [4.69, 9.17) is 16.8 Å². The maximum atomic E-state index is 10.9. The number of carbonyl (C=O) groups is 1. The Labute approximate surface area is 116 Å². The fraction of sp³-hybridized carbons (Fsp3) is 0.308. The van der Waals surface area contributed by atoms with Crippen LogP contribution < -0.4 is 15.7 Å². The summed E-state index contributed by atoms with van der Waals surface area (Å²) in [5, 5.41) is 12.3. The number of nitrogens with one attached hydrogen (secondary N) is 2. The molecule has 0 aromatic heterocycles. The van der Waals surface area contributed by atoms with Gasteiger partial charge in [-0.25, -0.2) is 5.48 Å². The van der Waals surface area contributed by atoms with Crippen LogP contribution in [0, 0.1) is 0 Å². The first-order valence-electron chi connectivity index (χ1n) is 6.08. The van der Waals surface area contributed by atoms with Crippen LogP contribution >= 0.6 is 11.6 Å². The summed E-state index contributed by atoms with van der Waals surface area (Å²) in [6, 6.07) is 5.73. The molecule has 1 amide bonds. The van der Waals surface area contributed by atoms with Crippen molar-refractivity contribution in [2.75, 3.05) is 31.1 Å². The molecule has 1 aromatic carbocycles. The van der Waals surface area contributed by atoms with Gasteiger partial charge in [-0.2, -0.15) is 0 Å². The lowest BCUT2D eigenvalue weighted by Crippen LogP contribution is -2.43. The summed E-state index contributed by atoms with van der Waals surface area (Å²) >= 11 is 6.19. The summed E-state index contributed by atoms with van der Waals surface area (Å²) in [6.45, 7) is 3.85. The first-order chi connectivity index (χ1) is 9.20. The lowest BCUT2D eigenvalue weighted by Gasteiger charge is -2.29. The largest absolute Gasteiger partial charge is 0.369 e. The summed E-state index contributed by atoms with van der Waals surface area (Å²) in [5.41, 5.74) is 3.35. The van der Waals surface area contributed by atoms with Gasteiger partial charge in [-0.1, -0.05) is 17.7 Å². The fourth-order valence-corrected chi connectivity index (χ4v) is 2.21. The molecule has 1 aromatic rings. The van der Waals surface area contributed by atoms with Gasteiger partial charge in [-0.3, -0.25) is 10.0 Å². The number of anilines is 1. The molecule has 3 N–H and O–H groups in total. The third-order valence-electron chi connectivity index (χ3n) is 2.99. The van der Waals surface area contributed by atoms with E-state index in [9.17, 15) is 4.79 Å². The molecule has 0 bridgehead atoms. The zero-order valence-corrected chi connectivity index (χ0v) is 11.2. The van der Waals surface area contributed by atoms with Gasteiger partial charge in [0.2, 0.25) is 0 Å². The number of carbonyl (C=O) groups excluding carboxylic acids is 1. The Kier molecular flexibility index (Phi) is 4.79. The van der Waals surface area contributed by atoms with E-state index >= 15 is 0 Å². The van der Waals surface area contributed by atoms with Crippen LogP contribution in [0.25, 0.3) is 6.08 Å². The van der Waals surface area contributed by atoms with Crippen LogP contribution in [-0.4, -0.2) is 37.3 Å². The number of nitrogens with zero attached hydrogens (tertiary/aromatic N) is 1. The topological polar surface area (TPSA) is 64.6 Å². The van der Waals surface area contributed by atoms with Crippen molar-refractivity contribution in [3.8, 4) is 0 Å². The molecule has 6 heteroatoms. The lowest BCUT2D eigenvalue weighted by atomic mass is 10.1. The van der Waals surface area contributed by atoms with Crippen molar-refractivity contribution in [1.82, 2.24) is 10.8 Å². The number of piperazine rings is 1. The predicted octanol–water partition coefficient (Wildman–Crippen LogP) is 1.27. The Morgan fingerprint density at radius 3 is 2.79 bits per heavy atom. The molecule has 102 valence electrons. The average Bonchev–Trinajstić information content (AvgIpc) is 2.46. The number of hydrogen-bond acceptors (Lipinski definition) is 4. The van der Waals surface area contributed by atoms with Crippen LogP contribution in [0.2, 0.25) is 5.02 Å². The van der Waals surface area contributed by atoms with E-state index in [1.54, 1.807) is 6.08 Å². The van der Waals surface area contributed by atoms with E-state index in [0.29, 0.717) is 5.02 Å². The quantitative estimate of drug-likeness (QED) is 0.443. The smallest absolute Gasteiger partial charge is 0.267 e. The maximum Gasteiger partial charge on any atom is 0.267 e. The summed E-state index contributed by atoms with van der Waals surface area (Å²) in [5.74, 6) is -0.581. The van der Waals surface area contributed by atoms with E-state index < -0.39 is 5.91 Å². The molecule has 1 aliphatic rings. The molecule has 2 rings (SSSR count). The Hall–Kier alpha value is -1.56. The number of hydroxylamine groups is 1. The van der Waals surface area contributed by atoms with Gasteiger partial charge < -0.3 is 10.2 Å². The zero-order valence-electron chi connectivity index (χ0n) is 10.4. The molecule has 1 aliphatic heterocycles. The van der Waals surface area contributed by atoms with Crippen LogP contribution in [0.3, 0.4) is 0 Å². The molecule has 5 nitrogen and oxygen atoms in total. The van der Waals surface area contributed by atoms with E-state index in [0.717, 1.165) is 37.4 Å². The van der Waals surface area contributed by atoms with Gasteiger partial charge in [-0.15, -0.1) is 0 Å². The number of rotatable bonds is 3. The maximum absolute atomic E-state index is 10.9. The minimum Gasteiger partial charge on any atom is -0.369 e. The van der Waals surface area contributed by atoms with Crippen LogP contribution in [0.5, 0.6) is 0 Å². The fourth-order valence-electron chi connectivity index (χ4n) is 1.97. The highest BCUT2D eigenvalue weighted by atomic mass is 35.5. The average molecular weight is 282 g/mol. The van der Waals surface area contributed by atoms with Crippen LogP contribution in [0.1, 0.15) is 5.56 Å². The molecule has 0 atom stereocenters. The highest BCUT2D eigenvalue weighted by molar-refractivity contribution is 6.32. The molecule has 0 radical (unpaired) electrons. The van der Waals surface area contributed by atoms with Crippen molar-refractivity contribution < 1.29 is 10.0 Å². The summed E-state index contributed by atoms with van der Waals surface area (Å²) < 4.78 is 0. The molecular formula is C13H16ClN3O2. The van der Waals surface area contributed by atoms with E-state index in [2.05, 4.69) is 10.2 Å². The molecular weight excluding hydrogens is 266 g/mol. The van der Waals surface area contributed by atoms with Gasteiger partial charge in [-0.05, 0) is 23.8 Å². The molecule has 0 unspecified atom stereocenters. The van der Waals surface area contributed by atoms with Crippen molar-refractivity contribution in [3.05, 3.63) is 34.9 Å². The zero-order chi connectivity index (χ0) is 13.7. The molecule has 1 saturated heterocycles. The highest BCUT2D eigenvalue weighted by Gasteiger charge is 2.11. The first-order valence-corrected chi connectivity index (χ1v) is 6.46. The first kappa shape index (κ1) is 13.9. The van der Waals surface area contributed by atoms with Gasteiger partial charge in [0.15, 0.2) is 0 Å². The van der Waals surface area contributed by atoms with Crippen LogP contribution in [0.15, 0.2) is 24.3 Å². The Balaban J connectivity index is 2.12. The molecule has 19 heavy (non-hydrogen) atoms. The number of halogens is 1. The van der Waals surface area contributed by atoms with E-state index in [1.807, 2.05) is 18.2 Å². The monoisotopic (exact) mass is 281 g/mol. The summed E-state index contributed by atoms with van der Waals surface area (Å²) in [7, 11) is 0. The normalized spacial score (nSPS) is 15.8. The third kappa shape index (κ3) is 3.70. The van der Waals surface area contributed by atoms with Gasteiger partial charge in [0.05, 0.1) is 0 Å². The second-order valence-corrected chi connectivity index (χ2v) is 4.66. The highest BCUT2D eigenvalue weighted by Crippen LogP contribution is 2.25. The minimum atomic E-state index is -0.581. The Morgan fingerprint density at radius 1 is 1.42 bits per heavy atom. The second kappa shape index (κ2) is 6.56. The SMILES string of the molecule is O=C(/C=C/c1ccc(N2CCNCC2)cc1Cl)NO. The van der Waals surface area contributed by atoms with Crippen LogP contribution in [0.4, 0.5) is 5.69 Å². The number of hydrogen-bond donors (Lipinski definition) is 3. The summed E-state index contributed by atoms with van der Waals surface area (Å²) in [6.07, 6.45) is 2.79. The molecule has 1 heterocycles. The van der Waals surface area contributed by atoms with Gasteiger partial charge >= 0.3 is 0 Å². The number of amides is 1. The third-order valence-corrected chi connectivity index (χ3v) is 3.32. The second-order valence-electron chi connectivity index (χ2n) is 4.25. The predicted molar refractivity (Wildman–Crippen MR) is 75.5 cm³/mol. The molecule has 0 saturated carbocycles. The van der Waals surface area contributed by atoms with Crippen molar-refractivity contribution in [3.63, 3.8) is 0 Å². The van der Waals surface area contributed by atoms with Crippen molar-refractivity contribution in [1.29, 1.82) is 0 Å². The van der Waals surface area contributed by atoms with Crippen molar-refractivity contribution in [2.45, 2.75) is 0 Å². The van der Waals surface area contributed by atoms with E-state index in [1.165, 1.54) is 11.6 Å².